The van der Waals surface area contributed by atoms with Gasteiger partial charge in [0.05, 0.1) is 13.2 Å². The summed E-state index contributed by atoms with van der Waals surface area (Å²) in [7, 11) is 0. The van der Waals surface area contributed by atoms with Crippen LogP contribution in [-0.2, 0) is 19.1 Å². The quantitative estimate of drug-likeness (QED) is 0.796. The van der Waals surface area contributed by atoms with Crippen LogP contribution in [0.3, 0.4) is 0 Å². The number of fused-ring (bicyclic) bond motifs is 1. The lowest BCUT2D eigenvalue weighted by atomic mass is 10.4. The predicted octanol–water partition coefficient (Wildman–Crippen LogP) is 3.22. The first-order valence-electron chi connectivity index (χ1n) is 6.20. The molecule has 0 saturated carbocycles. The average molecular weight is 310 g/mol. The molecule has 0 saturated heterocycles. The highest BCUT2D eigenvalue weighted by molar-refractivity contribution is 8.10. The smallest absolute Gasteiger partial charge is 0.346 e. The van der Waals surface area contributed by atoms with Crippen LogP contribution in [0.25, 0.3) is 0 Å². The van der Waals surface area contributed by atoms with Crippen LogP contribution in [-0.4, -0.2) is 25.2 Å². The number of thioether (sulfide) groups is 2. The van der Waals surface area contributed by atoms with Crippen molar-refractivity contribution in [2.24, 2.45) is 0 Å². The molecule has 0 amide bonds. The average Bonchev–Trinajstić information content (AvgIpc) is 2.46. The lowest BCUT2D eigenvalue weighted by Crippen LogP contribution is -2.15. The fourth-order valence-corrected chi connectivity index (χ4v) is 3.80. The zero-order valence-corrected chi connectivity index (χ0v) is 12.8. The van der Waals surface area contributed by atoms with E-state index in [1.54, 1.807) is 13.8 Å². The molecule has 0 aliphatic carbocycles. The zero-order valence-electron chi connectivity index (χ0n) is 11.2. The minimum Gasteiger partial charge on any atom is -0.462 e. The van der Waals surface area contributed by atoms with Gasteiger partial charge in [0.1, 0.15) is 9.81 Å². The summed E-state index contributed by atoms with van der Waals surface area (Å²) in [5.41, 5.74) is 0. The van der Waals surface area contributed by atoms with Crippen molar-refractivity contribution in [2.45, 2.75) is 23.6 Å². The van der Waals surface area contributed by atoms with Crippen molar-refractivity contribution in [3.8, 4) is 0 Å². The van der Waals surface area contributed by atoms with Crippen molar-refractivity contribution in [3.63, 3.8) is 0 Å². The van der Waals surface area contributed by atoms with Gasteiger partial charge in [-0.2, -0.15) is 0 Å². The van der Waals surface area contributed by atoms with Crippen LogP contribution in [0, 0.1) is 0 Å². The van der Waals surface area contributed by atoms with Crippen LogP contribution >= 0.6 is 23.5 Å². The molecule has 6 heteroatoms. The van der Waals surface area contributed by atoms with Crippen LogP contribution in [0.2, 0.25) is 0 Å². The van der Waals surface area contributed by atoms with E-state index in [2.05, 4.69) is 0 Å². The number of hydrogen-bond donors (Lipinski definition) is 0. The number of rotatable bonds is 4. The van der Waals surface area contributed by atoms with Crippen LogP contribution in [0.15, 0.2) is 43.9 Å². The second kappa shape index (κ2) is 6.85. The molecular weight excluding hydrogens is 296 g/mol. The van der Waals surface area contributed by atoms with Crippen molar-refractivity contribution < 1.29 is 19.1 Å². The Morgan fingerprint density at radius 2 is 1.30 bits per heavy atom. The number of esters is 2. The third-order valence-corrected chi connectivity index (χ3v) is 4.96. The summed E-state index contributed by atoms with van der Waals surface area (Å²) in [5.74, 6) is -0.967. The Bertz CT molecular complexity index is 517. The fraction of sp³-hybridized carbons (Fsp3) is 0.286. The summed E-state index contributed by atoms with van der Waals surface area (Å²) < 4.78 is 10.0. The van der Waals surface area contributed by atoms with E-state index in [1.807, 2.05) is 24.3 Å². The highest BCUT2D eigenvalue weighted by atomic mass is 32.2. The third kappa shape index (κ3) is 3.19. The van der Waals surface area contributed by atoms with E-state index >= 15 is 0 Å². The highest BCUT2D eigenvalue weighted by Gasteiger charge is 2.30. The monoisotopic (exact) mass is 310 g/mol. The molecule has 106 valence electrons. The topological polar surface area (TPSA) is 52.6 Å². The molecule has 1 aliphatic rings. The number of ether oxygens (including phenoxy) is 2. The summed E-state index contributed by atoms with van der Waals surface area (Å²) in [4.78, 5) is 26.5. The number of carbonyl (C=O) groups is 2. The van der Waals surface area contributed by atoms with Crippen molar-refractivity contribution in [1.82, 2.24) is 0 Å². The number of hydrogen-bond acceptors (Lipinski definition) is 6. The Kier molecular flexibility index (Phi) is 5.14. The molecule has 1 aromatic rings. The van der Waals surface area contributed by atoms with E-state index in [9.17, 15) is 9.59 Å². The maximum absolute atomic E-state index is 12.0. The molecular formula is C14H14O4S2. The molecule has 0 radical (unpaired) electrons. The van der Waals surface area contributed by atoms with Gasteiger partial charge >= 0.3 is 11.9 Å². The van der Waals surface area contributed by atoms with Gasteiger partial charge in [0, 0.05) is 9.79 Å². The van der Waals surface area contributed by atoms with E-state index in [0.29, 0.717) is 9.81 Å². The molecule has 2 rings (SSSR count). The predicted molar refractivity (Wildman–Crippen MR) is 78.4 cm³/mol. The van der Waals surface area contributed by atoms with Gasteiger partial charge < -0.3 is 9.47 Å². The van der Waals surface area contributed by atoms with Gasteiger partial charge in [-0.05, 0) is 26.0 Å². The summed E-state index contributed by atoms with van der Waals surface area (Å²) in [6.45, 7) is 4.00. The maximum atomic E-state index is 12.0. The Labute approximate surface area is 125 Å². The van der Waals surface area contributed by atoms with Crippen molar-refractivity contribution in [2.75, 3.05) is 13.2 Å². The summed E-state index contributed by atoms with van der Waals surface area (Å²) in [6.07, 6.45) is 0. The molecule has 0 aromatic heterocycles. The Morgan fingerprint density at radius 1 is 0.900 bits per heavy atom. The second-order valence-corrected chi connectivity index (χ2v) is 5.85. The van der Waals surface area contributed by atoms with E-state index in [4.69, 9.17) is 9.47 Å². The lowest BCUT2D eigenvalue weighted by molar-refractivity contribution is -0.140. The van der Waals surface area contributed by atoms with Crippen LogP contribution in [0.1, 0.15) is 13.8 Å². The fourth-order valence-electron chi connectivity index (χ4n) is 1.59. The standard InChI is InChI=1S/C14H14O4S2/c1-3-17-13(15)11-12(14(16)18-4-2)20-10-8-6-5-7-9(10)19-11/h5-8H,3-4H2,1-2H3. The Balaban J connectivity index is 2.37. The van der Waals surface area contributed by atoms with Crippen LogP contribution < -0.4 is 0 Å². The number of benzene rings is 1. The largest absolute Gasteiger partial charge is 0.462 e. The van der Waals surface area contributed by atoms with Crippen molar-refractivity contribution in [3.05, 3.63) is 34.1 Å². The first-order chi connectivity index (χ1) is 9.67. The number of carbonyl (C=O) groups excluding carboxylic acids is 2. The van der Waals surface area contributed by atoms with Gasteiger partial charge in [-0.15, -0.1) is 0 Å². The van der Waals surface area contributed by atoms with Crippen LogP contribution in [0.4, 0.5) is 0 Å². The third-order valence-electron chi connectivity index (χ3n) is 2.40. The van der Waals surface area contributed by atoms with E-state index in [-0.39, 0.29) is 13.2 Å². The molecule has 0 spiro atoms. The lowest BCUT2D eigenvalue weighted by Gasteiger charge is -2.19. The minimum atomic E-state index is -0.484. The summed E-state index contributed by atoms with van der Waals surface area (Å²) >= 11 is 2.50. The van der Waals surface area contributed by atoms with E-state index < -0.39 is 11.9 Å². The normalized spacial score (nSPS) is 13.7. The molecule has 1 heterocycles. The zero-order chi connectivity index (χ0) is 14.5. The van der Waals surface area contributed by atoms with Gasteiger partial charge in [0.2, 0.25) is 0 Å². The van der Waals surface area contributed by atoms with Crippen molar-refractivity contribution >= 4 is 35.5 Å². The first-order valence-corrected chi connectivity index (χ1v) is 7.83. The molecule has 0 bridgehead atoms. The molecule has 0 unspecified atom stereocenters. The summed E-state index contributed by atoms with van der Waals surface area (Å²) in [5, 5.41) is 0. The molecule has 4 nitrogen and oxygen atoms in total. The molecule has 0 N–H and O–H groups in total. The van der Waals surface area contributed by atoms with Crippen molar-refractivity contribution in [1.29, 1.82) is 0 Å². The van der Waals surface area contributed by atoms with Gasteiger partial charge in [0.15, 0.2) is 0 Å². The summed E-state index contributed by atoms with van der Waals surface area (Å²) in [6, 6.07) is 7.61. The first kappa shape index (κ1) is 15.0. The highest BCUT2D eigenvalue weighted by Crippen LogP contribution is 2.47. The Morgan fingerprint density at radius 3 is 1.65 bits per heavy atom. The van der Waals surface area contributed by atoms with Gasteiger partial charge in [-0.1, -0.05) is 35.7 Å². The van der Waals surface area contributed by atoms with Gasteiger partial charge in [-0.3, -0.25) is 0 Å². The molecule has 1 aliphatic heterocycles. The second-order valence-electron chi connectivity index (χ2n) is 3.75. The van der Waals surface area contributed by atoms with Crippen LogP contribution in [0.5, 0.6) is 0 Å². The van der Waals surface area contributed by atoms with E-state index in [1.165, 1.54) is 23.5 Å². The molecule has 0 fully saturated rings. The van der Waals surface area contributed by atoms with E-state index in [0.717, 1.165) is 9.79 Å². The molecule has 20 heavy (non-hydrogen) atoms. The molecule has 0 atom stereocenters. The minimum absolute atomic E-state index is 0.269. The van der Waals surface area contributed by atoms with Gasteiger partial charge in [-0.25, -0.2) is 9.59 Å². The Hall–Kier alpha value is -1.40. The maximum Gasteiger partial charge on any atom is 0.346 e. The van der Waals surface area contributed by atoms with Gasteiger partial charge in [0.25, 0.3) is 0 Å². The SMILES string of the molecule is CCOC(=O)C1=C(C(=O)OCC)Sc2ccccc2S1. The molecule has 1 aromatic carbocycles.